The largest absolute Gasteiger partial charge is 0.462 e. The zero-order chi connectivity index (χ0) is 11.7. The summed E-state index contributed by atoms with van der Waals surface area (Å²) in [4.78, 5) is 22.0. The topological polar surface area (TPSA) is 64.6 Å². The van der Waals surface area contributed by atoms with E-state index in [1.165, 1.54) is 6.92 Å². The fraction of sp³-hybridized carbons (Fsp3) is 0.778. The summed E-state index contributed by atoms with van der Waals surface area (Å²) in [7, 11) is 0. The second kappa shape index (κ2) is 8.55. The maximum absolute atomic E-state index is 11.3. The van der Waals surface area contributed by atoms with E-state index in [1.807, 2.05) is 6.92 Å². The maximum Gasteiger partial charge on any atom is 0.329 e. The average molecular weight is 235 g/mol. The van der Waals surface area contributed by atoms with Crippen LogP contribution < -0.4 is 5.32 Å². The summed E-state index contributed by atoms with van der Waals surface area (Å²) in [6.07, 6.45) is 0. The summed E-state index contributed by atoms with van der Waals surface area (Å²) in [5, 5.41) is 2.44. The Morgan fingerprint density at radius 2 is 2.07 bits per heavy atom. The molecule has 0 radical (unpaired) electrons. The zero-order valence-corrected chi connectivity index (χ0v) is 9.88. The van der Waals surface area contributed by atoms with Crippen molar-refractivity contribution in [3.63, 3.8) is 0 Å². The van der Waals surface area contributed by atoms with Crippen LogP contribution in [0, 0.1) is 0 Å². The molecule has 0 aromatic heterocycles. The molecule has 0 unspecified atom stereocenters. The SMILES string of the molecule is CCOCCOC(=O)[C@H](CS)NC(C)=O. The lowest BCUT2D eigenvalue weighted by atomic mass is 10.3. The highest BCUT2D eigenvalue weighted by atomic mass is 32.1. The molecule has 0 saturated heterocycles. The molecule has 5 nitrogen and oxygen atoms in total. The molecule has 0 aromatic rings. The van der Waals surface area contributed by atoms with E-state index < -0.39 is 12.0 Å². The first kappa shape index (κ1) is 14.2. The number of hydrogen-bond acceptors (Lipinski definition) is 5. The van der Waals surface area contributed by atoms with Crippen LogP contribution in [0.5, 0.6) is 0 Å². The molecule has 0 aromatic carbocycles. The lowest BCUT2D eigenvalue weighted by Gasteiger charge is -2.14. The molecule has 0 rings (SSSR count). The fourth-order valence-corrected chi connectivity index (χ4v) is 1.11. The van der Waals surface area contributed by atoms with Crippen molar-refractivity contribution in [3.05, 3.63) is 0 Å². The molecular weight excluding hydrogens is 218 g/mol. The summed E-state index contributed by atoms with van der Waals surface area (Å²) in [5.74, 6) is -0.553. The molecular formula is C9H17NO4S. The van der Waals surface area contributed by atoms with Crippen molar-refractivity contribution in [2.75, 3.05) is 25.6 Å². The van der Waals surface area contributed by atoms with Gasteiger partial charge in [-0.3, -0.25) is 4.79 Å². The summed E-state index contributed by atoms with van der Waals surface area (Å²) in [6, 6.07) is -0.688. The van der Waals surface area contributed by atoms with Crippen molar-refractivity contribution in [3.8, 4) is 0 Å². The van der Waals surface area contributed by atoms with Gasteiger partial charge in [-0.05, 0) is 6.92 Å². The summed E-state index contributed by atoms with van der Waals surface area (Å²) < 4.78 is 9.87. The van der Waals surface area contributed by atoms with Crippen LogP contribution in [0.4, 0.5) is 0 Å². The summed E-state index contributed by atoms with van der Waals surface area (Å²) >= 11 is 3.95. The minimum atomic E-state index is -0.688. The molecule has 0 heterocycles. The summed E-state index contributed by atoms with van der Waals surface area (Å²) in [6.45, 7) is 4.33. The van der Waals surface area contributed by atoms with Crippen LogP contribution in [-0.4, -0.2) is 43.5 Å². The number of amides is 1. The van der Waals surface area contributed by atoms with Crippen LogP contribution in [0.3, 0.4) is 0 Å². The second-order valence-corrected chi connectivity index (χ2v) is 3.17. The second-order valence-electron chi connectivity index (χ2n) is 2.80. The Morgan fingerprint density at radius 1 is 1.40 bits per heavy atom. The van der Waals surface area contributed by atoms with Crippen LogP contribution in [-0.2, 0) is 19.1 Å². The molecule has 1 N–H and O–H groups in total. The predicted molar refractivity (Wildman–Crippen MR) is 58.9 cm³/mol. The number of ether oxygens (including phenoxy) is 2. The number of nitrogens with one attached hydrogen (secondary N) is 1. The monoisotopic (exact) mass is 235 g/mol. The van der Waals surface area contributed by atoms with E-state index in [-0.39, 0.29) is 18.3 Å². The lowest BCUT2D eigenvalue weighted by Crippen LogP contribution is -2.42. The van der Waals surface area contributed by atoms with Crippen molar-refractivity contribution in [2.45, 2.75) is 19.9 Å². The molecule has 6 heteroatoms. The number of rotatable bonds is 7. The van der Waals surface area contributed by atoms with Gasteiger partial charge in [-0.25, -0.2) is 4.79 Å². The Balaban J connectivity index is 3.78. The maximum atomic E-state index is 11.3. The molecule has 0 aliphatic heterocycles. The quantitative estimate of drug-likeness (QED) is 0.370. The number of carbonyl (C=O) groups excluding carboxylic acids is 2. The van der Waals surface area contributed by atoms with Gasteiger partial charge in [-0.2, -0.15) is 12.6 Å². The molecule has 0 aliphatic carbocycles. The van der Waals surface area contributed by atoms with Gasteiger partial charge in [0.15, 0.2) is 0 Å². The van der Waals surface area contributed by atoms with E-state index in [2.05, 4.69) is 17.9 Å². The van der Waals surface area contributed by atoms with Gasteiger partial charge < -0.3 is 14.8 Å². The van der Waals surface area contributed by atoms with E-state index in [9.17, 15) is 9.59 Å². The highest BCUT2D eigenvalue weighted by Gasteiger charge is 2.18. The number of thiol groups is 1. The summed E-state index contributed by atoms with van der Waals surface area (Å²) in [5.41, 5.74) is 0. The zero-order valence-electron chi connectivity index (χ0n) is 8.99. The normalized spacial score (nSPS) is 11.9. The minimum Gasteiger partial charge on any atom is -0.462 e. The van der Waals surface area contributed by atoms with Crippen LogP contribution in [0.15, 0.2) is 0 Å². The number of carbonyl (C=O) groups is 2. The Kier molecular flexibility index (Phi) is 8.12. The fourth-order valence-electron chi connectivity index (χ4n) is 0.871. The highest BCUT2D eigenvalue weighted by molar-refractivity contribution is 7.80. The highest BCUT2D eigenvalue weighted by Crippen LogP contribution is 1.93. The number of hydrogen-bond donors (Lipinski definition) is 2. The van der Waals surface area contributed by atoms with Crippen LogP contribution in [0.2, 0.25) is 0 Å². The Hall–Kier alpha value is -0.750. The third kappa shape index (κ3) is 7.21. The standard InChI is InChI=1S/C9H17NO4S/c1-3-13-4-5-14-9(12)8(6-15)10-7(2)11/h8,15H,3-6H2,1-2H3,(H,10,11)/t8-/m0/s1. The first-order chi connectivity index (χ1) is 7.11. The minimum absolute atomic E-state index is 0.191. The molecule has 1 amide bonds. The molecule has 0 saturated carbocycles. The van der Waals surface area contributed by atoms with Crippen molar-refractivity contribution >= 4 is 24.5 Å². The molecule has 0 spiro atoms. The van der Waals surface area contributed by atoms with Crippen LogP contribution >= 0.6 is 12.6 Å². The van der Waals surface area contributed by atoms with Crippen molar-refractivity contribution in [2.24, 2.45) is 0 Å². The van der Waals surface area contributed by atoms with E-state index in [0.29, 0.717) is 13.2 Å². The van der Waals surface area contributed by atoms with Gasteiger partial charge in [0.2, 0.25) is 5.91 Å². The van der Waals surface area contributed by atoms with Crippen molar-refractivity contribution < 1.29 is 19.1 Å². The van der Waals surface area contributed by atoms with Gasteiger partial charge in [0.1, 0.15) is 12.6 Å². The van der Waals surface area contributed by atoms with Gasteiger partial charge in [0.25, 0.3) is 0 Å². The van der Waals surface area contributed by atoms with Gasteiger partial charge in [-0.1, -0.05) is 0 Å². The van der Waals surface area contributed by atoms with E-state index >= 15 is 0 Å². The smallest absolute Gasteiger partial charge is 0.329 e. The Morgan fingerprint density at radius 3 is 2.53 bits per heavy atom. The third-order valence-corrected chi connectivity index (χ3v) is 1.89. The third-order valence-electron chi connectivity index (χ3n) is 1.52. The van der Waals surface area contributed by atoms with Gasteiger partial charge in [0, 0.05) is 19.3 Å². The van der Waals surface area contributed by atoms with Crippen molar-refractivity contribution in [1.29, 1.82) is 0 Å². The Bertz CT molecular complexity index is 210. The van der Waals surface area contributed by atoms with Crippen LogP contribution in [0.25, 0.3) is 0 Å². The molecule has 88 valence electrons. The predicted octanol–water partition coefficient (Wildman–Crippen LogP) is 0.000600. The first-order valence-electron chi connectivity index (χ1n) is 4.74. The molecule has 0 fully saturated rings. The van der Waals surface area contributed by atoms with Gasteiger partial charge in [-0.15, -0.1) is 0 Å². The van der Waals surface area contributed by atoms with E-state index in [4.69, 9.17) is 9.47 Å². The van der Waals surface area contributed by atoms with Crippen LogP contribution in [0.1, 0.15) is 13.8 Å². The lowest BCUT2D eigenvalue weighted by molar-refractivity contribution is -0.148. The van der Waals surface area contributed by atoms with Gasteiger partial charge in [0.05, 0.1) is 6.61 Å². The van der Waals surface area contributed by atoms with E-state index in [0.717, 1.165) is 0 Å². The molecule has 0 aliphatic rings. The average Bonchev–Trinajstić information content (AvgIpc) is 2.20. The molecule has 15 heavy (non-hydrogen) atoms. The number of esters is 1. The first-order valence-corrected chi connectivity index (χ1v) is 5.37. The molecule has 1 atom stereocenters. The van der Waals surface area contributed by atoms with Gasteiger partial charge >= 0.3 is 5.97 Å². The van der Waals surface area contributed by atoms with E-state index in [1.54, 1.807) is 0 Å². The van der Waals surface area contributed by atoms with Crippen molar-refractivity contribution in [1.82, 2.24) is 5.32 Å². The Labute approximate surface area is 94.9 Å². The molecule has 0 bridgehead atoms.